The predicted octanol–water partition coefficient (Wildman–Crippen LogP) is 3.31. The van der Waals surface area contributed by atoms with E-state index in [1.165, 1.54) is 7.11 Å². The van der Waals surface area contributed by atoms with Crippen LogP contribution in [-0.4, -0.2) is 31.8 Å². The Balaban J connectivity index is 0.00000176. The maximum absolute atomic E-state index is 11.5. The first-order valence-corrected chi connectivity index (χ1v) is 7.63. The highest BCUT2D eigenvalue weighted by molar-refractivity contribution is 9.10. The van der Waals surface area contributed by atoms with Gasteiger partial charge in [-0.2, -0.15) is 0 Å². The van der Waals surface area contributed by atoms with E-state index in [9.17, 15) is 4.79 Å². The minimum Gasteiger partial charge on any atom is -0.488 e. The number of carbonyl (C=O) groups is 1. The van der Waals surface area contributed by atoms with E-state index in [1.807, 2.05) is 24.3 Å². The molecule has 22 heavy (non-hydrogen) atoms. The largest absolute Gasteiger partial charge is 0.488 e. The molecule has 2 aromatic rings. The first-order valence-electron chi connectivity index (χ1n) is 6.84. The van der Waals surface area contributed by atoms with Crippen molar-refractivity contribution in [2.75, 3.05) is 13.7 Å². The Morgan fingerprint density at radius 2 is 2.05 bits per heavy atom. The molecule has 1 fully saturated rings. The first-order chi connectivity index (χ1) is 10.2. The summed E-state index contributed by atoms with van der Waals surface area (Å²) in [7, 11) is 1.40. The molecule has 2 aromatic carbocycles. The number of rotatable bonds is 3. The number of ether oxygens (including phenoxy) is 2. The Morgan fingerprint density at radius 3 is 2.82 bits per heavy atom. The minimum absolute atomic E-state index is 0. The molecule has 3 rings (SSSR count). The molecule has 0 saturated carbocycles. The lowest BCUT2D eigenvalue weighted by Crippen LogP contribution is -2.31. The molecule has 2 atom stereocenters. The van der Waals surface area contributed by atoms with Crippen molar-refractivity contribution in [2.24, 2.45) is 0 Å². The maximum atomic E-state index is 11.5. The van der Waals surface area contributed by atoms with Crippen LogP contribution in [0.25, 0.3) is 10.8 Å². The second-order valence-electron chi connectivity index (χ2n) is 5.06. The van der Waals surface area contributed by atoms with Gasteiger partial charge in [0.15, 0.2) is 0 Å². The third-order valence-corrected chi connectivity index (χ3v) is 4.52. The molecule has 118 valence electrons. The summed E-state index contributed by atoms with van der Waals surface area (Å²) in [4.78, 5) is 11.5. The van der Waals surface area contributed by atoms with Gasteiger partial charge in [-0.3, -0.25) is 4.79 Å². The summed E-state index contributed by atoms with van der Waals surface area (Å²) in [6.45, 7) is 0.638. The van der Waals surface area contributed by atoms with Gasteiger partial charge in [-0.05, 0) is 32.8 Å². The number of esters is 1. The Hall–Kier alpha value is -1.30. The quantitative estimate of drug-likeness (QED) is 0.822. The second kappa shape index (κ2) is 7.31. The van der Waals surface area contributed by atoms with Crippen LogP contribution < -0.4 is 10.1 Å². The van der Waals surface area contributed by atoms with Crippen molar-refractivity contribution in [1.29, 1.82) is 0 Å². The van der Waals surface area contributed by atoms with Gasteiger partial charge in [0.25, 0.3) is 0 Å². The van der Waals surface area contributed by atoms with Gasteiger partial charge in [0.2, 0.25) is 0 Å². The SMILES string of the molecule is COC(=O)[C@@H]1C[C@@H](Oc2ccc3ccccc3c2Br)CN1.Cl. The third kappa shape index (κ3) is 3.37. The molecular weight excluding hydrogens is 370 g/mol. The number of hydrogen-bond donors (Lipinski definition) is 1. The molecule has 0 aliphatic carbocycles. The van der Waals surface area contributed by atoms with Crippen LogP contribution in [0.3, 0.4) is 0 Å². The molecule has 4 nitrogen and oxygen atoms in total. The zero-order valence-electron chi connectivity index (χ0n) is 12.0. The van der Waals surface area contributed by atoms with Gasteiger partial charge in [-0.25, -0.2) is 0 Å². The predicted molar refractivity (Wildman–Crippen MR) is 91.7 cm³/mol. The van der Waals surface area contributed by atoms with Gasteiger partial charge in [-0.15, -0.1) is 12.4 Å². The van der Waals surface area contributed by atoms with E-state index in [0.29, 0.717) is 13.0 Å². The fourth-order valence-electron chi connectivity index (χ4n) is 2.60. The molecule has 0 bridgehead atoms. The molecule has 1 saturated heterocycles. The van der Waals surface area contributed by atoms with E-state index in [4.69, 9.17) is 9.47 Å². The zero-order valence-corrected chi connectivity index (χ0v) is 14.4. The van der Waals surface area contributed by atoms with Crippen molar-refractivity contribution in [3.63, 3.8) is 0 Å². The van der Waals surface area contributed by atoms with Crippen molar-refractivity contribution in [3.8, 4) is 5.75 Å². The highest BCUT2D eigenvalue weighted by Gasteiger charge is 2.31. The normalized spacial score (nSPS) is 20.5. The zero-order chi connectivity index (χ0) is 14.8. The van der Waals surface area contributed by atoms with Gasteiger partial charge in [0.05, 0.1) is 11.6 Å². The molecule has 1 aliphatic heterocycles. The van der Waals surface area contributed by atoms with Crippen LogP contribution in [0.2, 0.25) is 0 Å². The molecule has 1 aliphatic rings. The minimum atomic E-state index is -0.278. The maximum Gasteiger partial charge on any atom is 0.323 e. The molecular formula is C16H17BrClNO3. The standard InChI is InChI=1S/C16H16BrNO3.ClH/c1-20-16(19)13-8-11(9-18-13)21-14-7-6-10-4-2-3-5-12(10)15(14)17;/h2-7,11,13,18H,8-9H2,1H3;1H/t11-,13+;/m1./s1. The number of nitrogens with one attached hydrogen (secondary N) is 1. The Kier molecular flexibility index (Phi) is 5.67. The smallest absolute Gasteiger partial charge is 0.323 e. The van der Waals surface area contributed by atoms with Crippen LogP contribution in [0, 0.1) is 0 Å². The topological polar surface area (TPSA) is 47.6 Å². The van der Waals surface area contributed by atoms with Crippen molar-refractivity contribution in [1.82, 2.24) is 5.32 Å². The summed E-state index contributed by atoms with van der Waals surface area (Å²) in [6, 6.07) is 11.8. The lowest BCUT2D eigenvalue weighted by atomic mass is 10.1. The number of hydrogen-bond acceptors (Lipinski definition) is 4. The number of carbonyl (C=O) groups excluding carboxylic acids is 1. The van der Waals surface area contributed by atoms with E-state index in [2.05, 4.69) is 33.4 Å². The molecule has 1 N–H and O–H groups in total. The van der Waals surface area contributed by atoms with Crippen LogP contribution in [-0.2, 0) is 9.53 Å². The second-order valence-corrected chi connectivity index (χ2v) is 5.85. The fraction of sp³-hybridized carbons (Fsp3) is 0.312. The molecule has 0 spiro atoms. The summed E-state index contributed by atoms with van der Waals surface area (Å²) in [5, 5.41) is 5.40. The Bertz CT molecular complexity index is 679. The highest BCUT2D eigenvalue weighted by Crippen LogP contribution is 2.34. The van der Waals surface area contributed by atoms with Crippen LogP contribution in [0.1, 0.15) is 6.42 Å². The number of halogens is 2. The van der Waals surface area contributed by atoms with Crippen LogP contribution in [0.5, 0.6) is 5.75 Å². The summed E-state index contributed by atoms with van der Waals surface area (Å²) in [6.07, 6.45) is 0.581. The van der Waals surface area contributed by atoms with E-state index < -0.39 is 0 Å². The lowest BCUT2D eigenvalue weighted by Gasteiger charge is -2.15. The average molecular weight is 387 g/mol. The van der Waals surface area contributed by atoms with Crippen molar-refractivity contribution in [3.05, 3.63) is 40.9 Å². The van der Waals surface area contributed by atoms with Gasteiger partial charge < -0.3 is 14.8 Å². The molecule has 0 aromatic heterocycles. The van der Waals surface area contributed by atoms with Crippen LogP contribution in [0.15, 0.2) is 40.9 Å². The van der Waals surface area contributed by atoms with Crippen molar-refractivity contribution >= 4 is 45.1 Å². The number of fused-ring (bicyclic) bond motifs is 1. The molecule has 6 heteroatoms. The third-order valence-electron chi connectivity index (χ3n) is 3.70. The Labute approximate surface area is 143 Å². The van der Waals surface area contributed by atoms with Gasteiger partial charge in [0, 0.05) is 13.0 Å². The van der Waals surface area contributed by atoms with E-state index in [-0.39, 0.29) is 30.5 Å². The van der Waals surface area contributed by atoms with Crippen LogP contribution >= 0.6 is 28.3 Å². The lowest BCUT2D eigenvalue weighted by molar-refractivity contribution is -0.142. The van der Waals surface area contributed by atoms with Crippen molar-refractivity contribution in [2.45, 2.75) is 18.6 Å². The van der Waals surface area contributed by atoms with E-state index in [1.54, 1.807) is 0 Å². The number of benzene rings is 2. The molecule has 0 unspecified atom stereocenters. The number of methoxy groups -OCH3 is 1. The van der Waals surface area contributed by atoms with Gasteiger partial charge in [0.1, 0.15) is 17.9 Å². The summed E-state index contributed by atoms with van der Waals surface area (Å²) >= 11 is 3.61. The average Bonchev–Trinajstić information content (AvgIpc) is 2.98. The fourth-order valence-corrected chi connectivity index (χ4v) is 3.19. The van der Waals surface area contributed by atoms with Crippen LogP contribution in [0.4, 0.5) is 0 Å². The van der Waals surface area contributed by atoms with Gasteiger partial charge in [-0.1, -0.05) is 30.3 Å². The summed E-state index contributed by atoms with van der Waals surface area (Å²) in [5.41, 5.74) is 0. The first kappa shape index (κ1) is 17.1. The van der Waals surface area contributed by atoms with E-state index in [0.717, 1.165) is 21.0 Å². The summed E-state index contributed by atoms with van der Waals surface area (Å²) in [5.74, 6) is 0.560. The summed E-state index contributed by atoms with van der Waals surface area (Å²) < 4.78 is 11.7. The molecule has 0 radical (unpaired) electrons. The van der Waals surface area contributed by atoms with E-state index >= 15 is 0 Å². The van der Waals surface area contributed by atoms with Gasteiger partial charge >= 0.3 is 5.97 Å². The molecule has 1 heterocycles. The highest BCUT2D eigenvalue weighted by atomic mass is 79.9. The molecule has 0 amide bonds. The Morgan fingerprint density at radius 1 is 1.27 bits per heavy atom. The monoisotopic (exact) mass is 385 g/mol. The van der Waals surface area contributed by atoms with Crippen molar-refractivity contribution < 1.29 is 14.3 Å².